The molecule has 1 aromatic heterocycles. The number of primary amides is 1. The first-order valence-corrected chi connectivity index (χ1v) is 15.0. The number of H-pyrrole nitrogens is 1. The number of methoxy groups -OCH3 is 1. The molecule has 0 unspecified atom stereocenters. The molecule has 4 aromatic carbocycles. The third kappa shape index (κ3) is 5.12. The lowest BCUT2D eigenvalue weighted by Crippen LogP contribution is -2.37. The molecule has 41 heavy (non-hydrogen) atoms. The third-order valence-corrected chi connectivity index (χ3v) is 9.88. The summed E-state index contributed by atoms with van der Waals surface area (Å²) >= 11 is 0. The number of benzene rings is 4. The molecule has 7 nitrogen and oxygen atoms in total. The Hall–Kier alpha value is -4.40. The van der Waals surface area contributed by atoms with Gasteiger partial charge in [0.2, 0.25) is 10.0 Å². The van der Waals surface area contributed by atoms with Gasteiger partial charge < -0.3 is 15.5 Å². The van der Waals surface area contributed by atoms with Crippen molar-refractivity contribution in [1.82, 2.24) is 9.29 Å². The summed E-state index contributed by atoms with van der Waals surface area (Å²) in [6.07, 6.45) is 3.29. The first kappa shape index (κ1) is 26.8. The van der Waals surface area contributed by atoms with Crippen LogP contribution in [0.5, 0.6) is 5.75 Å². The van der Waals surface area contributed by atoms with Gasteiger partial charge in [0, 0.05) is 24.7 Å². The summed E-state index contributed by atoms with van der Waals surface area (Å²) in [5.74, 6) is 0.407. The molecule has 0 aliphatic carbocycles. The van der Waals surface area contributed by atoms with E-state index in [-0.39, 0.29) is 10.8 Å². The van der Waals surface area contributed by atoms with E-state index in [1.54, 1.807) is 29.6 Å². The third-order valence-electron chi connectivity index (χ3n) is 7.98. The molecule has 6 rings (SSSR count). The van der Waals surface area contributed by atoms with E-state index in [4.69, 9.17) is 10.5 Å². The summed E-state index contributed by atoms with van der Waals surface area (Å²) in [5, 5.41) is 0.952. The number of aromatic nitrogens is 1. The van der Waals surface area contributed by atoms with E-state index in [2.05, 4.69) is 11.1 Å². The number of rotatable bonds is 7. The molecular formula is C33H31N3O4S. The maximum Gasteiger partial charge on any atom is 0.250 e. The molecule has 2 heterocycles. The Balaban J connectivity index is 1.25. The van der Waals surface area contributed by atoms with Crippen LogP contribution in [-0.4, -0.2) is 43.8 Å². The van der Waals surface area contributed by atoms with Crippen molar-refractivity contribution in [2.75, 3.05) is 20.2 Å². The number of carbonyl (C=O) groups is 1. The van der Waals surface area contributed by atoms with Crippen LogP contribution in [0.15, 0.2) is 102 Å². The zero-order valence-corrected chi connectivity index (χ0v) is 23.5. The fraction of sp³-hybridized carbons (Fsp3) is 0.182. The van der Waals surface area contributed by atoms with Crippen LogP contribution in [0.2, 0.25) is 0 Å². The topological polar surface area (TPSA) is 105 Å². The van der Waals surface area contributed by atoms with Gasteiger partial charge in [0.1, 0.15) is 5.75 Å². The van der Waals surface area contributed by atoms with Gasteiger partial charge in [0.25, 0.3) is 5.91 Å². The summed E-state index contributed by atoms with van der Waals surface area (Å²) in [5.41, 5.74) is 11.7. The zero-order valence-electron chi connectivity index (χ0n) is 22.7. The lowest BCUT2D eigenvalue weighted by molar-refractivity contribution is 0.100. The number of fused-ring (bicyclic) bond motifs is 1. The van der Waals surface area contributed by atoms with E-state index in [1.807, 2.05) is 72.9 Å². The van der Waals surface area contributed by atoms with Gasteiger partial charge in [-0.15, -0.1) is 0 Å². The number of hydrogen-bond donors (Lipinski definition) is 2. The molecule has 1 aliphatic heterocycles. The lowest BCUT2D eigenvalue weighted by Gasteiger charge is -2.31. The van der Waals surface area contributed by atoms with Crippen LogP contribution in [0.4, 0.5) is 0 Å². The van der Waals surface area contributed by atoms with Gasteiger partial charge in [-0.2, -0.15) is 4.31 Å². The van der Waals surface area contributed by atoms with Crippen molar-refractivity contribution >= 4 is 26.8 Å². The Bertz CT molecular complexity index is 1820. The standard InChI is InChI=1S/C33H31N3O4S/c1-40-27-12-10-23(11-13-27)25-8-5-9-28(18-25)41(38,39)36-16-14-24(15-17-36)31-21-35-32-29(31)19-26(20-30(32)33(34)37)22-6-3-2-4-7-22/h2-13,18-21,24,35H,14-17H2,1H3,(H2,34,37). The molecule has 0 spiro atoms. The molecular weight excluding hydrogens is 534 g/mol. The second-order valence-corrected chi connectivity index (χ2v) is 12.3. The van der Waals surface area contributed by atoms with Crippen molar-refractivity contribution in [2.24, 2.45) is 5.73 Å². The van der Waals surface area contributed by atoms with Crippen molar-refractivity contribution in [3.05, 3.63) is 108 Å². The predicted octanol–water partition coefficient (Wildman–Crippen LogP) is 6.18. The van der Waals surface area contributed by atoms with Crippen LogP contribution < -0.4 is 10.5 Å². The average Bonchev–Trinajstić information content (AvgIpc) is 3.45. The van der Waals surface area contributed by atoms with E-state index < -0.39 is 15.9 Å². The lowest BCUT2D eigenvalue weighted by atomic mass is 9.88. The number of carbonyl (C=O) groups excluding carboxylic acids is 1. The second kappa shape index (κ2) is 10.9. The van der Waals surface area contributed by atoms with Gasteiger partial charge in [-0.25, -0.2) is 8.42 Å². The van der Waals surface area contributed by atoms with Crippen LogP contribution in [0.1, 0.15) is 34.7 Å². The number of nitrogens with zero attached hydrogens (tertiary/aromatic N) is 1. The van der Waals surface area contributed by atoms with E-state index in [9.17, 15) is 13.2 Å². The SMILES string of the molecule is COc1ccc(-c2cccc(S(=O)(=O)N3CCC(c4c[nH]c5c(C(N)=O)cc(-c6ccccc6)cc45)CC3)c2)cc1. The van der Waals surface area contributed by atoms with Gasteiger partial charge in [-0.3, -0.25) is 4.79 Å². The second-order valence-electron chi connectivity index (χ2n) is 10.4. The summed E-state index contributed by atoms with van der Waals surface area (Å²) in [4.78, 5) is 15.9. The smallest absolute Gasteiger partial charge is 0.250 e. The molecule has 1 fully saturated rings. The van der Waals surface area contributed by atoms with Crippen molar-refractivity contribution < 1.29 is 17.9 Å². The minimum Gasteiger partial charge on any atom is -0.497 e. The Morgan fingerprint density at radius 1 is 0.854 bits per heavy atom. The molecule has 0 atom stereocenters. The number of nitrogens with one attached hydrogen (secondary N) is 1. The number of piperidine rings is 1. The molecule has 3 N–H and O–H groups in total. The zero-order chi connectivity index (χ0) is 28.6. The molecule has 0 radical (unpaired) electrons. The molecule has 1 saturated heterocycles. The van der Waals surface area contributed by atoms with Crippen LogP contribution in [0.3, 0.4) is 0 Å². The maximum atomic E-state index is 13.6. The van der Waals surface area contributed by atoms with Crippen LogP contribution in [-0.2, 0) is 10.0 Å². The number of aromatic amines is 1. The molecule has 8 heteroatoms. The predicted molar refractivity (Wildman–Crippen MR) is 161 cm³/mol. The van der Waals surface area contributed by atoms with Gasteiger partial charge in [0.15, 0.2) is 0 Å². The van der Waals surface area contributed by atoms with E-state index in [0.717, 1.165) is 44.5 Å². The summed E-state index contributed by atoms with van der Waals surface area (Å²) in [6.45, 7) is 0.820. The number of nitrogens with two attached hydrogens (primary N) is 1. The molecule has 1 aliphatic rings. The highest BCUT2D eigenvalue weighted by Gasteiger charge is 2.31. The van der Waals surface area contributed by atoms with Gasteiger partial charge in [-0.1, -0.05) is 54.6 Å². The van der Waals surface area contributed by atoms with Crippen LogP contribution in [0.25, 0.3) is 33.2 Å². The van der Waals surface area contributed by atoms with Gasteiger partial charge in [-0.05, 0) is 83.0 Å². The highest BCUT2D eigenvalue weighted by atomic mass is 32.2. The Morgan fingerprint density at radius 3 is 2.22 bits per heavy atom. The Kier molecular flexibility index (Phi) is 7.11. The average molecular weight is 566 g/mol. The maximum absolute atomic E-state index is 13.6. The quantitative estimate of drug-likeness (QED) is 0.246. The molecule has 1 amide bonds. The Morgan fingerprint density at radius 2 is 1.54 bits per heavy atom. The molecule has 0 saturated carbocycles. The van der Waals surface area contributed by atoms with Crippen molar-refractivity contribution in [3.63, 3.8) is 0 Å². The minimum absolute atomic E-state index is 0.146. The first-order chi connectivity index (χ1) is 19.8. The highest BCUT2D eigenvalue weighted by molar-refractivity contribution is 7.89. The van der Waals surface area contributed by atoms with Crippen LogP contribution in [0, 0.1) is 0 Å². The summed E-state index contributed by atoms with van der Waals surface area (Å²) in [7, 11) is -2.05. The van der Waals surface area contributed by atoms with Crippen molar-refractivity contribution in [2.45, 2.75) is 23.7 Å². The normalized spacial score (nSPS) is 14.8. The number of ether oxygens (including phenoxy) is 1. The molecule has 0 bridgehead atoms. The summed E-state index contributed by atoms with van der Waals surface area (Å²) in [6, 6.07) is 28.5. The highest BCUT2D eigenvalue weighted by Crippen LogP contribution is 2.38. The largest absolute Gasteiger partial charge is 0.497 e. The summed E-state index contributed by atoms with van der Waals surface area (Å²) < 4.78 is 34.1. The minimum atomic E-state index is -3.66. The van der Waals surface area contributed by atoms with Crippen molar-refractivity contribution in [3.8, 4) is 28.0 Å². The number of hydrogen-bond acceptors (Lipinski definition) is 4. The molecule has 5 aromatic rings. The fourth-order valence-electron chi connectivity index (χ4n) is 5.76. The van der Waals surface area contributed by atoms with Crippen LogP contribution >= 0.6 is 0 Å². The van der Waals surface area contributed by atoms with Gasteiger partial charge in [0.05, 0.1) is 23.1 Å². The van der Waals surface area contributed by atoms with E-state index in [0.29, 0.717) is 31.5 Å². The van der Waals surface area contributed by atoms with Crippen molar-refractivity contribution in [1.29, 1.82) is 0 Å². The van der Waals surface area contributed by atoms with Gasteiger partial charge >= 0.3 is 0 Å². The number of sulfonamides is 1. The number of amides is 1. The van der Waals surface area contributed by atoms with E-state index >= 15 is 0 Å². The van der Waals surface area contributed by atoms with E-state index in [1.165, 1.54) is 0 Å². The Labute approximate surface area is 239 Å². The molecule has 208 valence electrons. The first-order valence-electron chi connectivity index (χ1n) is 13.6. The fourth-order valence-corrected chi connectivity index (χ4v) is 7.27. The monoisotopic (exact) mass is 565 g/mol.